The molecule has 0 aliphatic carbocycles. The Morgan fingerprint density at radius 1 is 0.970 bits per heavy atom. The van der Waals surface area contributed by atoms with E-state index < -0.39 is 5.60 Å². The average Bonchev–Trinajstić information content (AvgIpc) is 3.34. The molecule has 1 aromatic heterocycles. The maximum atomic E-state index is 11.5. The van der Waals surface area contributed by atoms with Gasteiger partial charge in [-0.05, 0) is 54.6 Å². The van der Waals surface area contributed by atoms with Gasteiger partial charge in [0.15, 0.2) is 5.60 Å². The van der Waals surface area contributed by atoms with E-state index in [2.05, 4.69) is 21.9 Å². The first-order valence-electron chi connectivity index (χ1n) is 10.4. The first kappa shape index (κ1) is 24.3. The van der Waals surface area contributed by atoms with Gasteiger partial charge in [-0.25, -0.2) is 9.67 Å². The van der Waals surface area contributed by atoms with Crippen LogP contribution in [0.1, 0.15) is 25.0 Å². The van der Waals surface area contributed by atoms with Crippen LogP contribution in [0.5, 0.6) is 11.5 Å². The Bertz CT molecular complexity index is 1220. The summed E-state index contributed by atoms with van der Waals surface area (Å²) in [6.45, 7) is 4.06. The predicted octanol–water partition coefficient (Wildman–Crippen LogP) is 6.34. The number of nitrogens with zero attached hydrogens (tertiary/aromatic N) is 3. The van der Waals surface area contributed by atoms with E-state index in [0.29, 0.717) is 27.1 Å². The molecule has 4 aromatic rings. The third-order valence-corrected chi connectivity index (χ3v) is 5.04. The number of aliphatic hydroxyl groups is 1. The van der Waals surface area contributed by atoms with Crippen molar-refractivity contribution in [1.29, 1.82) is 0 Å². The lowest BCUT2D eigenvalue weighted by Gasteiger charge is -2.24. The van der Waals surface area contributed by atoms with Crippen molar-refractivity contribution in [2.75, 3.05) is 0 Å². The SMILES string of the molecule is CC.OC(C#Cc1ccccc1)(Cn1cncn1)c1ccc(Oc2ccc(Cl)cc2)cc1Cl. The van der Waals surface area contributed by atoms with E-state index in [1.54, 1.807) is 42.5 Å². The van der Waals surface area contributed by atoms with Crippen LogP contribution in [0.25, 0.3) is 0 Å². The van der Waals surface area contributed by atoms with Crippen LogP contribution in [0, 0.1) is 11.8 Å². The molecule has 168 valence electrons. The lowest BCUT2D eigenvalue weighted by molar-refractivity contribution is 0.0760. The normalized spacial score (nSPS) is 11.9. The summed E-state index contributed by atoms with van der Waals surface area (Å²) in [5, 5.41) is 16.5. The maximum absolute atomic E-state index is 11.5. The van der Waals surface area contributed by atoms with Crippen molar-refractivity contribution in [3.05, 3.63) is 107 Å². The Morgan fingerprint density at radius 3 is 2.30 bits per heavy atom. The fraction of sp³-hybridized carbons (Fsp3) is 0.154. The van der Waals surface area contributed by atoms with Crippen LogP contribution >= 0.6 is 23.2 Å². The molecule has 33 heavy (non-hydrogen) atoms. The number of ether oxygens (including phenoxy) is 1. The van der Waals surface area contributed by atoms with Gasteiger partial charge < -0.3 is 9.84 Å². The Hall–Kier alpha value is -3.30. The number of aromatic nitrogens is 3. The third-order valence-electron chi connectivity index (χ3n) is 4.48. The van der Waals surface area contributed by atoms with Gasteiger partial charge in [0, 0.05) is 16.1 Å². The van der Waals surface area contributed by atoms with Crippen LogP contribution in [0.15, 0.2) is 85.5 Å². The summed E-state index contributed by atoms with van der Waals surface area (Å²) in [5.74, 6) is 7.12. The van der Waals surface area contributed by atoms with Crippen molar-refractivity contribution in [3.8, 4) is 23.3 Å². The van der Waals surface area contributed by atoms with Crippen LogP contribution in [0.2, 0.25) is 10.0 Å². The minimum atomic E-state index is -1.60. The third kappa shape index (κ3) is 6.59. The van der Waals surface area contributed by atoms with E-state index in [0.717, 1.165) is 5.56 Å². The molecule has 3 aromatic carbocycles. The Kier molecular flexibility index (Phi) is 8.51. The number of halogens is 2. The van der Waals surface area contributed by atoms with Gasteiger partial charge >= 0.3 is 0 Å². The van der Waals surface area contributed by atoms with E-state index in [1.165, 1.54) is 17.3 Å². The molecule has 7 heteroatoms. The molecule has 0 fully saturated rings. The fourth-order valence-electron chi connectivity index (χ4n) is 2.97. The number of rotatable bonds is 5. The molecule has 0 bridgehead atoms. The largest absolute Gasteiger partial charge is 0.457 e. The van der Waals surface area contributed by atoms with Crippen LogP contribution in [0.4, 0.5) is 0 Å². The molecule has 0 spiro atoms. The van der Waals surface area contributed by atoms with Gasteiger partial charge in [0.25, 0.3) is 0 Å². The molecular formula is C26H23Cl2N3O2. The van der Waals surface area contributed by atoms with Crippen molar-refractivity contribution in [2.24, 2.45) is 0 Å². The summed E-state index contributed by atoms with van der Waals surface area (Å²) in [7, 11) is 0. The highest BCUT2D eigenvalue weighted by Crippen LogP contribution is 2.34. The first-order chi connectivity index (χ1) is 16.0. The van der Waals surface area contributed by atoms with Crippen molar-refractivity contribution in [2.45, 2.75) is 26.0 Å². The summed E-state index contributed by atoms with van der Waals surface area (Å²) in [6, 6.07) is 21.5. The summed E-state index contributed by atoms with van der Waals surface area (Å²) < 4.78 is 7.34. The number of hydrogen-bond acceptors (Lipinski definition) is 4. The molecule has 0 aliphatic rings. The van der Waals surface area contributed by atoms with Gasteiger partial charge in [-0.1, -0.05) is 67.1 Å². The molecule has 0 saturated carbocycles. The van der Waals surface area contributed by atoms with E-state index in [9.17, 15) is 5.11 Å². The molecule has 1 atom stereocenters. The second-order valence-corrected chi connectivity index (χ2v) is 7.61. The first-order valence-corrected chi connectivity index (χ1v) is 11.1. The average molecular weight is 480 g/mol. The van der Waals surface area contributed by atoms with Crippen molar-refractivity contribution >= 4 is 23.2 Å². The van der Waals surface area contributed by atoms with Crippen LogP contribution in [-0.4, -0.2) is 19.9 Å². The summed E-state index contributed by atoms with van der Waals surface area (Å²) in [4.78, 5) is 3.94. The molecule has 1 N–H and O–H groups in total. The zero-order chi connectivity index (χ0) is 23.7. The quantitative estimate of drug-likeness (QED) is 0.339. The predicted molar refractivity (Wildman–Crippen MR) is 132 cm³/mol. The van der Waals surface area contributed by atoms with E-state index >= 15 is 0 Å². The van der Waals surface area contributed by atoms with Crippen molar-refractivity contribution < 1.29 is 9.84 Å². The molecule has 5 nitrogen and oxygen atoms in total. The maximum Gasteiger partial charge on any atom is 0.172 e. The lowest BCUT2D eigenvalue weighted by atomic mass is 9.93. The zero-order valence-electron chi connectivity index (χ0n) is 18.2. The highest BCUT2D eigenvalue weighted by Gasteiger charge is 2.31. The number of benzene rings is 3. The van der Waals surface area contributed by atoms with Gasteiger partial charge in [0.1, 0.15) is 24.2 Å². The van der Waals surface area contributed by atoms with Crippen molar-refractivity contribution in [3.63, 3.8) is 0 Å². The molecular weight excluding hydrogens is 457 g/mol. The fourth-order valence-corrected chi connectivity index (χ4v) is 3.42. The Morgan fingerprint density at radius 2 is 1.67 bits per heavy atom. The standard InChI is InChI=1S/C24H17Cl2N3O2.C2H6/c25-19-6-8-20(9-7-19)31-21-10-11-22(23(26)14-21)24(30,15-29-17-27-16-28-29)13-12-18-4-2-1-3-5-18;1-2/h1-11,14,16-17,30H,15H2;1-2H3. The second-order valence-electron chi connectivity index (χ2n) is 6.77. The highest BCUT2D eigenvalue weighted by molar-refractivity contribution is 6.31. The molecule has 0 aliphatic heterocycles. The van der Waals surface area contributed by atoms with Gasteiger partial charge in [-0.3, -0.25) is 0 Å². The lowest BCUT2D eigenvalue weighted by Crippen LogP contribution is -2.30. The topological polar surface area (TPSA) is 60.2 Å². The molecule has 0 radical (unpaired) electrons. The minimum absolute atomic E-state index is 0.0595. The minimum Gasteiger partial charge on any atom is -0.457 e. The van der Waals surface area contributed by atoms with Crippen LogP contribution in [0.3, 0.4) is 0 Å². The second kappa shape index (κ2) is 11.5. The Labute approximate surface area is 203 Å². The summed E-state index contributed by atoms with van der Waals surface area (Å²) in [5.41, 5.74) is -0.380. The molecule has 1 heterocycles. The van der Waals surface area contributed by atoms with Crippen LogP contribution < -0.4 is 4.74 Å². The summed E-state index contributed by atoms with van der Waals surface area (Å²) in [6.07, 6.45) is 2.91. The van der Waals surface area contributed by atoms with Gasteiger partial charge in [-0.15, -0.1) is 0 Å². The zero-order valence-corrected chi connectivity index (χ0v) is 19.8. The van der Waals surface area contributed by atoms with Crippen LogP contribution in [-0.2, 0) is 12.1 Å². The molecule has 0 saturated heterocycles. The molecule has 0 amide bonds. The van der Waals surface area contributed by atoms with E-state index in [-0.39, 0.29) is 6.54 Å². The van der Waals surface area contributed by atoms with Gasteiger partial charge in [0.05, 0.1) is 11.6 Å². The molecule has 4 rings (SSSR count). The van der Waals surface area contributed by atoms with E-state index in [4.69, 9.17) is 27.9 Å². The monoisotopic (exact) mass is 479 g/mol. The van der Waals surface area contributed by atoms with E-state index in [1.807, 2.05) is 44.2 Å². The number of hydrogen-bond donors (Lipinski definition) is 1. The Balaban J connectivity index is 0.00000149. The molecule has 1 unspecified atom stereocenters. The van der Waals surface area contributed by atoms with Gasteiger partial charge in [0.2, 0.25) is 0 Å². The van der Waals surface area contributed by atoms with Crippen molar-refractivity contribution in [1.82, 2.24) is 14.8 Å². The summed E-state index contributed by atoms with van der Waals surface area (Å²) >= 11 is 12.5. The smallest absolute Gasteiger partial charge is 0.172 e. The van der Waals surface area contributed by atoms with Gasteiger partial charge in [-0.2, -0.15) is 5.10 Å². The highest BCUT2D eigenvalue weighted by atomic mass is 35.5.